The number of rotatable bonds is 3. The average molecular weight is 325 g/mol. The van der Waals surface area contributed by atoms with Gasteiger partial charge in [-0.25, -0.2) is 9.37 Å². The summed E-state index contributed by atoms with van der Waals surface area (Å²) in [6, 6.07) is 11.3. The van der Waals surface area contributed by atoms with Crippen LogP contribution in [0.15, 0.2) is 42.6 Å². The molecular formula is C18H20FN5. The van der Waals surface area contributed by atoms with Gasteiger partial charge in [0.25, 0.3) is 0 Å². The number of fused-ring (bicyclic) bond motifs is 1. The molecule has 0 bridgehead atoms. The van der Waals surface area contributed by atoms with E-state index in [1.165, 1.54) is 5.56 Å². The number of hydrogen-bond acceptors (Lipinski definition) is 4. The molecule has 0 saturated carbocycles. The van der Waals surface area contributed by atoms with Crippen LogP contribution < -0.4 is 4.90 Å². The number of aromatic nitrogens is 3. The molecule has 2 atom stereocenters. The number of likely N-dealkylation sites (N-methyl/N-ethyl adjacent to an activating group) is 1. The van der Waals surface area contributed by atoms with E-state index in [0.29, 0.717) is 12.0 Å². The first-order valence-corrected chi connectivity index (χ1v) is 8.09. The fourth-order valence-electron chi connectivity index (χ4n) is 3.53. The van der Waals surface area contributed by atoms with Crippen molar-refractivity contribution in [3.63, 3.8) is 0 Å². The second kappa shape index (κ2) is 5.87. The number of nitrogens with zero attached hydrogens (tertiary/aromatic N) is 4. The van der Waals surface area contributed by atoms with Gasteiger partial charge in [-0.15, -0.1) is 0 Å². The summed E-state index contributed by atoms with van der Waals surface area (Å²) in [5.74, 6) is 1.07. The SMILES string of the molecule is CN(C)[C@@H]1CN(c2ccc3cn[nH]c3n2)C[C@H]1c1ccc(F)cc1. The molecule has 5 nitrogen and oxygen atoms in total. The van der Waals surface area contributed by atoms with Crippen molar-refractivity contribution in [2.75, 3.05) is 32.1 Å². The van der Waals surface area contributed by atoms with E-state index in [1.54, 1.807) is 18.3 Å². The lowest BCUT2D eigenvalue weighted by atomic mass is 9.94. The first kappa shape index (κ1) is 15.1. The Bertz CT molecular complexity index is 842. The van der Waals surface area contributed by atoms with E-state index in [4.69, 9.17) is 0 Å². The second-order valence-corrected chi connectivity index (χ2v) is 6.57. The molecule has 0 spiro atoms. The van der Waals surface area contributed by atoms with Gasteiger partial charge in [-0.2, -0.15) is 5.10 Å². The van der Waals surface area contributed by atoms with Gasteiger partial charge in [-0.3, -0.25) is 5.10 Å². The molecule has 0 unspecified atom stereocenters. The molecule has 124 valence electrons. The van der Waals surface area contributed by atoms with E-state index in [1.807, 2.05) is 24.3 Å². The Morgan fingerprint density at radius 1 is 1.12 bits per heavy atom. The monoisotopic (exact) mass is 325 g/mol. The minimum absolute atomic E-state index is 0.193. The van der Waals surface area contributed by atoms with E-state index in [-0.39, 0.29) is 5.82 Å². The molecule has 4 rings (SSSR count). The van der Waals surface area contributed by atoms with Crippen molar-refractivity contribution >= 4 is 16.9 Å². The first-order chi connectivity index (χ1) is 11.6. The summed E-state index contributed by atoms with van der Waals surface area (Å²) in [5.41, 5.74) is 1.97. The van der Waals surface area contributed by atoms with Crippen LogP contribution in [-0.4, -0.2) is 53.3 Å². The van der Waals surface area contributed by atoms with Crippen LogP contribution in [0.25, 0.3) is 11.0 Å². The van der Waals surface area contributed by atoms with E-state index in [2.05, 4.69) is 39.1 Å². The Morgan fingerprint density at radius 2 is 1.92 bits per heavy atom. The highest BCUT2D eigenvalue weighted by molar-refractivity contribution is 5.75. The van der Waals surface area contributed by atoms with Gasteiger partial charge in [0.2, 0.25) is 0 Å². The topological polar surface area (TPSA) is 48.0 Å². The van der Waals surface area contributed by atoms with Gasteiger partial charge in [-0.05, 0) is 43.9 Å². The number of hydrogen-bond donors (Lipinski definition) is 1. The molecule has 0 aliphatic carbocycles. The lowest BCUT2D eigenvalue weighted by Gasteiger charge is -2.25. The van der Waals surface area contributed by atoms with Crippen LogP contribution >= 0.6 is 0 Å². The average Bonchev–Trinajstić information content (AvgIpc) is 3.21. The highest BCUT2D eigenvalue weighted by Gasteiger charge is 2.35. The quantitative estimate of drug-likeness (QED) is 0.804. The maximum atomic E-state index is 13.2. The normalized spacial score (nSPS) is 21.1. The van der Waals surface area contributed by atoms with E-state index in [0.717, 1.165) is 29.9 Å². The van der Waals surface area contributed by atoms with Crippen molar-refractivity contribution in [1.29, 1.82) is 0 Å². The zero-order valence-electron chi connectivity index (χ0n) is 13.8. The predicted octanol–water partition coefficient (Wildman–Crippen LogP) is 2.63. The van der Waals surface area contributed by atoms with Crippen LogP contribution in [0.4, 0.5) is 10.2 Å². The maximum Gasteiger partial charge on any atom is 0.157 e. The fourth-order valence-corrected chi connectivity index (χ4v) is 3.53. The third-order valence-electron chi connectivity index (χ3n) is 4.86. The Hall–Kier alpha value is -2.47. The zero-order chi connectivity index (χ0) is 16.7. The molecule has 2 aromatic heterocycles. The second-order valence-electron chi connectivity index (χ2n) is 6.57. The largest absolute Gasteiger partial charge is 0.354 e. The van der Waals surface area contributed by atoms with Gasteiger partial charge in [0.15, 0.2) is 5.65 Å². The third-order valence-corrected chi connectivity index (χ3v) is 4.86. The molecule has 1 N–H and O–H groups in total. The standard InChI is InChI=1S/C18H20FN5/c1-23(2)16-11-24(10-15(16)12-3-6-14(19)7-4-12)17-8-5-13-9-20-22-18(13)21-17/h3-9,15-16H,10-11H2,1-2H3,(H,20,21,22)/t15-,16+/m0/s1. The maximum absolute atomic E-state index is 13.2. The Kier molecular flexibility index (Phi) is 3.69. The van der Waals surface area contributed by atoms with Crippen LogP contribution in [0, 0.1) is 5.82 Å². The summed E-state index contributed by atoms with van der Waals surface area (Å²) >= 11 is 0. The zero-order valence-corrected chi connectivity index (χ0v) is 13.8. The Labute approximate surface area is 140 Å². The molecule has 0 radical (unpaired) electrons. The Morgan fingerprint density at radius 3 is 2.67 bits per heavy atom. The summed E-state index contributed by atoms with van der Waals surface area (Å²) in [5, 5.41) is 7.97. The lowest BCUT2D eigenvalue weighted by Crippen LogP contribution is -2.34. The number of aromatic amines is 1. The van der Waals surface area contributed by atoms with Crippen LogP contribution in [0.5, 0.6) is 0 Å². The molecule has 3 aromatic rings. The number of anilines is 1. The number of benzene rings is 1. The van der Waals surface area contributed by atoms with Crippen LogP contribution in [0.2, 0.25) is 0 Å². The van der Waals surface area contributed by atoms with Crippen molar-refractivity contribution in [3.05, 3.63) is 54.0 Å². The van der Waals surface area contributed by atoms with Gasteiger partial charge in [0, 0.05) is 30.4 Å². The highest BCUT2D eigenvalue weighted by Crippen LogP contribution is 2.33. The summed E-state index contributed by atoms with van der Waals surface area (Å²) in [6.07, 6.45) is 1.78. The minimum atomic E-state index is -0.193. The molecule has 3 heterocycles. The Balaban J connectivity index is 1.65. The van der Waals surface area contributed by atoms with Crippen molar-refractivity contribution in [2.24, 2.45) is 0 Å². The summed E-state index contributed by atoms with van der Waals surface area (Å²) in [4.78, 5) is 9.21. The molecule has 0 amide bonds. The minimum Gasteiger partial charge on any atom is -0.354 e. The van der Waals surface area contributed by atoms with Gasteiger partial charge in [0.05, 0.1) is 6.20 Å². The molecule has 6 heteroatoms. The molecule has 1 aliphatic rings. The first-order valence-electron chi connectivity index (χ1n) is 8.09. The molecule has 1 aromatic carbocycles. The van der Waals surface area contributed by atoms with Crippen molar-refractivity contribution < 1.29 is 4.39 Å². The fraction of sp³-hybridized carbons (Fsp3) is 0.333. The summed E-state index contributed by atoms with van der Waals surface area (Å²) < 4.78 is 13.2. The van der Waals surface area contributed by atoms with Gasteiger partial charge in [0.1, 0.15) is 11.6 Å². The van der Waals surface area contributed by atoms with Gasteiger partial charge in [-0.1, -0.05) is 12.1 Å². The molecule has 1 fully saturated rings. The van der Waals surface area contributed by atoms with Crippen molar-refractivity contribution in [2.45, 2.75) is 12.0 Å². The van der Waals surface area contributed by atoms with Crippen molar-refractivity contribution in [1.82, 2.24) is 20.1 Å². The van der Waals surface area contributed by atoms with Crippen LogP contribution in [-0.2, 0) is 0 Å². The van der Waals surface area contributed by atoms with Crippen molar-refractivity contribution in [3.8, 4) is 0 Å². The van der Waals surface area contributed by atoms with Gasteiger partial charge >= 0.3 is 0 Å². The van der Waals surface area contributed by atoms with Crippen LogP contribution in [0.3, 0.4) is 0 Å². The smallest absolute Gasteiger partial charge is 0.157 e. The number of nitrogens with one attached hydrogen (secondary N) is 1. The number of halogens is 1. The molecule has 24 heavy (non-hydrogen) atoms. The van der Waals surface area contributed by atoms with E-state index < -0.39 is 0 Å². The van der Waals surface area contributed by atoms with Gasteiger partial charge < -0.3 is 9.80 Å². The molecule has 1 saturated heterocycles. The molecule has 1 aliphatic heterocycles. The van der Waals surface area contributed by atoms with Crippen LogP contribution in [0.1, 0.15) is 11.5 Å². The predicted molar refractivity (Wildman–Crippen MR) is 92.7 cm³/mol. The number of H-pyrrole nitrogens is 1. The van der Waals surface area contributed by atoms with E-state index >= 15 is 0 Å². The highest BCUT2D eigenvalue weighted by atomic mass is 19.1. The number of pyridine rings is 1. The summed E-state index contributed by atoms with van der Waals surface area (Å²) in [6.45, 7) is 1.75. The van der Waals surface area contributed by atoms with E-state index in [9.17, 15) is 4.39 Å². The lowest BCUT2D eigenvalue weighted by molar-refractivity contribution is 0.292. The third kappa shape index (κ3) is 2.63. The summed E-state index contributed by atoms with van der Waals surface area (Å²) in [7, 11) is 4.19. The molecular weight excluding hydrogens is 305 g/mol.